The molecule has 0 bridgehead atoms. The van der Waals surface area contributed by atoms with Crippen molar-refractivity contribution in [3.63, 3.8) is 0 Å². The van der Waals surface area contributed by atoms with Crippen LogP contribution < -0.4 is 9.47 Å². The first-order chi connectivity index (χ1) is 45.9. The molecule has 0 saturated carbocycles. The number of rotatable bonds is 27. The van der Waals surface area contributed by atoms with Crippen molar-refractivity contribution in [1.29, 1.82) is 0 Å². The molecule has 13 heteroatoms. The maximum Gasteiger partial charge on any atom is 0.264 e. The van der Waals surface area contributed by atoms with Crippen LogP contribution >= 0.6 is 0 Å². The van der Waals surface area contributed by atoms with Gasteiger partial charge in [-0.1, -0.05) is 240 Å². The molecule has 484 valence electrons. The van der Waals surface area contributed by atoms with E-state index < -0.39 is 55.0 Å². The summed E-state index contributed by atoms with van der Waals surface area (Å²) in [5.41, 5.74) is 7.66. The Hall–Kier alpha value is -8.47. The lowest BCUT2D eigenvalue weighted by molar-refractivity contribution is -0.344. The molecule has 2 heterocycles. The third-order valence-corrected chi connectivity index (χ3v) is 16.8. The van der Waals surface area contributed by atoms with Crippen LogP contribution in [0.1, 0.15) is 102 Å². The summed E-state index contributed by atoms with van der Waals surface area (Å²) in [6.07, 6.45) is -2.56. The predicted molar refractivity (Wildman–Crippen MR) is 358 cm³/mol. The topological polar surface area (TPSA) is 137 Å². The molecule has 1 N–H and O–H groups in total. The molecular formula is C80H85FO12. The first kappa shape index (κ1) is 67.4. The normalized spacial score (nSPS) is 22.5. The minimum Gasteiger partial charge on any atom is -0.489 e. The molecule has 0 unspecified atom stereocenters. The molecule has 0 aliphatic carbocycles. The SMILES string of the molecule is CC[C@H]1O[C@@](O)(C(=O)c2ccc(OCc3ccccc3)cc2)[C@H](OCc2ccccc2)[C@@H](OCc2ccccc2)[C@@H]1C.CC[C@H]1O[C@@](OCc2ccccc2)(C(=O)c2ccc(OCc3ccccc3)cc2)[C@H](OCc2ccccc2)[C@@H](OCc2ccccc2)[C@@H]1C.[2H]CF. The van der Waals surface area contributed by atoms with Crippen LogP contribution in [0.4, 0.5) is 4.39 Å². The summed E-state index contributed by atoms with van der Waals surface area (Å²) in [6.45, 7) is 10.2. The number of ether oxygens (including phenoxy) is 9. The molecule has 11 rings (SSSR count). The lowest BCUT2D eigenvalue weighted by Crippen LogP contribution is -2.67. The highest BCUT2D eigenvalue weighted by atomic mass is 19.1. The van der Waals surface area contributed by atoms with E-state index in [4.69, 9.17) is 44.0 Å². The summed E-state index contributed by atoms with van der Waals surface area (Å²) in [7, 11) is -1.00. The zero-order chi connectivity index (χ0) is 66.0. The van der Waals surface area contributed by atoms with Crippen molar-refractivity contribution in [2.75, 3.05) is 7.15 Å². The van der Waals surface area contributed by atoms with E-state index in [-0.39, 0.29) is 43.5 Å². The van der Waals surface area contributed by atoms with Gasteiger partial charge in [0.25, 0.3) is 11.6 Å². The van der Waals surface area contributed by atoms with Crippen molar-refractivity contribution >= 4 is 11.6 Å². The van der Waals surface area contributed by atoms with Crippen LogP contribution in [0.15, 0.2) is 261 Å². The Morgan fingerprint density at radius 1 is 0.409 bits per heavy atom. The Morgan fingerprint density at radius 3 is 1.05 bits per heavy atom. The second kappa shape index (κ2) is 35.0. The lowest BCUT2D eigenvalue weighted by Gasteiger charge is -2.51. The summed E-state index contributed by atoms with van der Waals surface area (Å²) in [5.74, 6) is -3.91. The Morgan fingerprint density at radius 2 is 0.699 bits per heavy atom. The van der Waals surface area contributed by atoms with Crippen LogP contribution in [0.2, 0.25) is 0 Å². The van der Waals surface area contributed by atoms with Gasteiger partial charge in [-0.25, -0.2) is 0 Å². The molecule has 9 aromatic rings. The van der Waals surface area contributed by atoms with Crippen LogP contribution in [-0.4, -0.2) is 72.0 Å². The molecule has 93 heavy (non-hydrogen) atoms. The van der Waals surface area contributed by atoms with E-state index in [1.165, 1.54) is 0 Å². The van der Waals surface area contributed by atoms with Crippen molar-refractivity contribution < 1.29 is 63.1 Å². The van der Waals surface area contributed by atoms with Gasteiger partial charge in [-0.05, 0) is 100 Å². The number of carbonyl (C=O) groups is 2. The quantitative estimate of drug-likeness (QED) is 0.0491. The number of hydrogen-bond acceptors (Lipinski definition) is 12. The molecule has 0 amide bonds. The molecule has 12 nitrogen and oxygen atoms in total. The molecule has 2 fully saturated rings. The van der Waals surface area contributed by atoms with E-state index in [2.05, 4.69) is 13.8 Å². The Balaban J connectivity index is 0.000000215. The summed E-state index contributed by atoms with van der Waals surface area (Å²) in [4.78, 5) is 29.1. The fraction of sp³-hybridized carbons (Fsp3) is 0.300. The highest BCUT2D eigenvalue weighted by molar-refractivity contribution is 6.03. The summed E-state index contributed by atoms with van der Waals surface area (Å²) >= 11 is 0. The predicted octanol–water partition coefficient (Wildman–Crippen LogP) is 16.3. The molecule has 0 spiro atoms. The van der Waals surface area contributed by atoms with Gasteiger partial charge in [0.2, 0.25) is 11.6 Å². The smallest absolute Gasteiger partial charge is 0.264 e. The standard InChI is InChI=1S/C43H44O6.C36H38O6.CH3F/c1-3-39-32(2)40(46-29-34-18-10-5-11-19-34)42(47-30-35-20-12-6-13-21-35)43(49-39,48-31-36-22-14-7-15-23-36)41(44)37-24-26-38(27-25-37)45-28-33-16-8-4-9-17-33;1-3-32-26(2)33(40-24-28-15-9-5-10-16-28)35(41-25-29-17-11-6-12-18-29)36(38,42-32)34(37)30-19-21-31(22-20-30)39-23-27-13-7-4-8-14-27;1-2/h4-27,32,39-40,42H,3,28-31H2,1-2H3;4-22,26,32-33,35,38H,3,23-25H2,1-2H3;1H3/t32-,39-,40+,42-,43+;26-,32-,33+,35-,36+;/m11./s1/i;;1D. The van der Waals surface area contributed by atoms with Gasteiger partial charge in [-0.2, -0.15) is 0 Å². The minimum absolute atomic E-state index is 0.0931. The zero-order valence-electron chi connectivity index (χ0n) is 54.3. The lowest BCUT2D eigenvalue weighted by atomic mass is 9.81. The molecule has 10 atom stereocenters. The molecule has 0 radical (unpaired) electrons. The Kier molecular flexibility index (Phi) is 25.4. The molecule has 0 aromatic heterocycles. The van der Waals surface area contributed by atoms with Gasteiger partial charge in [-0.15, -0.1) is 0 Å². The van der Waals surface area contributed by atoms with E-state index in [1.807, 2.05) is 238 Å². The number of Topliss-reactive ketones (excluding diaryl/α,β-unsaturated/α-hetero) is 2. The third kappa shape index (κ3) is 18.4. The van der Waals surface area contributed by atoms with Gasteiger partial charge in [-0.3, -0.25) is 14.0 Å². The highest BCUT2D eigenvalue weighted by Crippen LogP contribution is 2.44. The van der Waals surface area contributed by atoms with Crippen molar-refractivity contribution in [3.05, 3.63) is 311 Å². The van der Waals surface area contributed by atoms with E-state index in [1.54, 1.807) is 36.4 Å². The van der Waals surface area contributed by atoms with Gasteiger partial charge in [0.05, 0.1) is 66.0 Å². The summed E-state index contributed by atoms with van der Waals surface area (Å²) < 4.78 is 73.6. The van der Waals surface area contributed by atoms with Gasteiger partial charge in [0.15, 0.2) is 0 Å². The van der Waals surface area contributed by atoms with E-state index in [9.17, 15) is 14.3 Å². The number of hydrogen-bond donors (Lipinski definition) is 1. The van der Waals surface area contributed by atoms with Crippen molar-refractivity contribution in [3.8, 4) is 11.5 Å². The summed E-state index contributed by atoms with van der Waals surface area (Å²) in [6, 6.07) is 83.0. The second-order valence-electron chi connectivity index (χ2n) is 23.2. The molecule has 2 saturated heterocycles. The van der Waals surface area contributed by atoms with E-state index in [0.717, 1.165) is 38.9 Å². The molecule has 2 aliphatic rings. The zero-order valence-corrected chi connectivity index (χ0v) is 53.3. The van der Waals surface area contributed by atoms with E-state index >= 15 is 4.79 Å². The van der Waals surface area contributed by atoms with Gasteiger partial charge < -0.3 is 47.7 Å². The number of carbonyl (C=O) groups excluding carboxylic acids is 2. The Labute approximate surface area is 548 Å². The maximum atomic E-state index is 15.0. The molecule has 2 aliphatic heterocycles. The van der Waals surface area contributed by atoms with Crippen LogP contribution in [0.25, 0.3) is 0 Å². The number of benzene rings is 9. The third-order valence-electron chi connectivity index (χ3n) is 16.8. The Bertz CT molecular complexity index is 3620. The minimum atomic E-state index is -2.25. The van der Waals surface area contributed by atoms with E-state index in [0.29, 0.717) is 61.9 Å². The fourth-order valence-electron chi connectivity index (χ4n) is 11.7. The molecule has 9 aromatic carbocycles. The largest absolute Gasteiger partial charge is 0.489 e. The molecular weight excluding hydrogens is 1170 g/mol. The van der Waals surface area contributed by atoms with Gasteiger partial charge in [0.1, 0.15) is 36.9 Å². The van der Waals surface area contributed by atoms with Gasteiger partial charge in [0, 0.05) is 23.0 Å². The van der Waals surface area contributed by atoms with Crippen molar-refractivity contribution in [2.24, 2.45) is 11.8 Å². The van der Waals surface area contributed by atoms with Crippen LogP contribution in [0, 0.1) is 11.8 Å². The monoisotopic (exact) mass is 1260 g/mol. The number of aliphatic hydroxyl groups is 1. The average molecular weight is 1260 g/mol. The number of alkyl halides is 1. The first-order valence-corrected chi connectivity index (χ1v) is 31.8. The van der Waals surface area contributed by atoms with Crippen molar-refractivity contribution in [1.82, 2.24) is 0 Å². The van der Waals surface area contributed by atoms with Crippen LogP contribution in [0.5, 0.6) is 11.5 Å². The number of ketones is 2. The van der Waals surface area contributed by atoms with Crippen molar-refractivity contribution in [2.45, 2.75) is 135 Å². The fourth-order valence-corrected chi connectivity index (χ4v) is 11.7. The number of halogens is 1. The maximum absolute atomic E-state index is 15.0. The van der Waals surface area contributed by atoms with Crippen LogP contribution in [-0.2, 0) is 79.4 Å². The van der Waals surface area contributed by atoms with Crippen LogP contribution in [0.3, 0.4) is 0 Å². The van der Waals surface area contributed by atoms with Gasteiger partial charge >= 0.3 is 0 Å². The first-order valence-electron chi connectivity index (χ1n) is 32.5. The summed E-state index contributed by atoms with van der Waals surface area (Å²) in [5, 5.41) is 12.1. The second-order valence-corrected chi connectivity index (χ2v) is 23.2. The average Bonchev–Trinajstić information content (AvgIpc) is 0.752. The highest BCUT2D eigenvalue weighted by Gasteiger charge is 2.61.